The molecule has 1 fully saturated rings. The number of fused-ring (bicyclic) bond motifs is 1. The number of amides is 1. The number of carbonyl (C=O) groups excluding carboxylic acids is 1. The number of ether oxygens (including phenoxy) is 1. The zero-order chi connectivity index (χ0) is 20.4. The molecule has 0 saturated carbocycles. The predicted molar refractivity (Wildman–Crippen MR) is 112 cm³/mol. The highest BCUT2D eigenvalue weighted by Crippen LogP contribution is 2.28. The van der Waals surface area contributed by atoms with Crippen LogP contribution < -0.4 is 15.0 Å². The van der Waals surface area contributed by atoms with Gasteiger partial charge in [0.2, 0.25) is 15.9 Å². The fourth-order valence-corrected chi connectivity index (χ4v) is 5.31. The van der Waals surface area contributed by atoms with Crippen molar-refractivity contribution in [1.29, 1.82) is 0 Å². The first kappa shape index (κ1) is 19.7. The van der Waals surface area contributed by atoms with E-state index in [4.69, 9.17) is 4.74 Å². The molecule has 1 saturated heterocycles. The summed E-state index contributed by atoms with van der Waals surface area (Å²) >= 11 is 0. The molecule has 29 heavy (non-hydrogen) atoms. The minimum absolute atomic E-state index is 0.0194. The molecule has 1 amide bonds. The molecule has 0 aliphatic carbocycles. The molecule has 0 spiro atoms. The highest BCUT2D eigenvalue weighted by atomic mass is 32.2. The zero-order valence-electron chi connectivity index (χ0n) is 16.4. The van der Waals surface area contributed by atoms with Crippen LogP contribution in [0.15, 0.2) is 47.4 Å². The number of methoxy groups -OCH3 is 1. The monoisotopic (exact) mass is 415 g/mol. The molecule has 1 N–H and O–H groups in total. The molecule has 0 aromatic heterocycles. The SMILES string of the molecule is COc1ccc(N2CCN(S(=O)(=O)c3ccc4c(c3)CCCC(=O)N4)CC2)cc1. The van der Waals surface area contributed by atoms with Gasteiger partial charge in [0, 0.05) is 44.0 Å². The van der Waals surface area contributed by atoms with Gasteiger partial charge in [-0.15, -0.1) is 0 Å². The van der Waals surface area contributed by atoms with Crippen LogP contribution >= 0.6 is 0 Å². The van der Waals surface area contributed by atoms with Gasteiger partial charge < -0.3 is 15.0 Å². The summed E-state index contributed by atoms with van der Waals surface area (Å²) in [6, 6.07) is 12.8. The molecule has 2 aliphatic heterocycles. The van der Waals surface area contributed by atoms with Gasteiger partial charge in [0.05, 0.1) is 12.0 Å². The molecule has 8 heteroatoms. The first-order valence-corrected chi connectivity index (χ1v) is 11.2. The van der Waals surface area contributed by atoms with Crippen LogP contribution in [0.4, 0.5) is 11.4 Å². The summed E-state index contributed by atoms with van der Waals surface area (Å²) in [6.07, 6.45) is 1.88. The summed E-state index contributed by atoms with van der Waals surface area (Å²) in [5, 5.41) is 2.85. The lowest BCUT2D eigenvalue weighted by Gasteiger charge is -2.35. The van der Waals surface area contributed by atoms with Crippen LogP contribution in [0.2, 0.25) is 0 Å². The molecule has 0 unspecified atom stereocenters. The maximum atomic E-state index is 13.2. The second-order valence-corrected chi connectivity index (χ2v) is 9.25. The Bertz CT molecular complexity index is 997. The minimum atomic E-state index is -3.56. The maximum Gasteiger partial charge on any atom is 0.243 e. The Morgan fingerprint density at radius 2 is 1.69 bits per heavy atom. The van der Waals surface area contributed by atoms with Crippen molar-refractivity contribution < 1.29 is 17.9 Å². The molecule has 7 nitrogen and oxygen atoms in total. The van der Waals surface area contributed by atoms with Crippen molar-refractivity contribution in [3.8, 4) is 5.75 Å². The minimum Gasteiger partial charge on any atom is -0.497 e. The number of hydrogen-bond acceptors (Lipinski definition) is 5. The van der Waals surface area contributed by atoms with E-state index in [1.165, 1.54) is 0 Å². The number of nitrogens with zero attached hydrogens (tertiary/aromatic N) is 2. The largest absolute Gasteiger partial charge is 0.497 e. The van der Waals surface area contributed by atoms with E-state index in [0.717, 1.165) is 29.1 Å². The van der Waals surface area contributed by atoms with Crippen molar-refractivity contribution in [1.82, 2.24) is 4.31 Å². The van der Waals surface area contributed by atoms with Gasteiger partial charge in [0.1, 0.15) is 5.75 Å². The maximum absolute atomic E-state index is 13.2. The number of hydrogen-bond donors (Lipinski definition) is 1. The average molecular weight is 416 g/mol. The summed E-state index contributed by atoms with van der Waals surface area (Å²) < 4.78 is 33.0. The highest BCUT2D eigenvalue weighted by molar-refractivity contribution is 7.89. The molecule has 2 aromatic rings. The van der Waals surface area contributed by atoms with Crippen LogP contribution in [-0.4, -0.2) is 51.9 Å². The van der Waals surface area contributed by atoms with Gasteiger partial charge in [-0.05, 0) is 60.9 Å². The second-order valence-electron chi connectivity index (χ2n) is 7.31. The third-order valence-corrected chi connectivity index (χ3v) is 7.41. The molecule has 2 aromatic carbocycles. The van der Waals surface area contributed by atoms with E-state index in [9.17, 15) is 13.2 Å². The highest BCUT2D eigenvalue weighted by Gasteiger charge is 2.29. The van der Waals surface area contributed by atoms with Crippen LogP contribution in [0.5, 0.6) is 5.75 Å². The molecule has 0 bridgehead atoms. The van der Waals surface area contributed by atoms with Crippen molar-refractivity contribution in [2.75, 3.05) is 43.5 Å². The Balaban J connectivity index is 1.47. The number of nitrogens with one attached hydrogen (secondary N) is 1. The molecule has 0 radical (unpaired) electrons. The first-order chi connectivity index (χ1) is 14.0. The summed E-state index contributed by atoms with van der Waals surface area (Å²) in [6.45, 7) is 2.13. The van der Waals surface area contributed by atoms with E-state index < -0.39 is 10.0 Å². The second kappa shape index (κ2) is 8.04. The quantitative estimate of drug-likeness (QED) is 0.830. The van der Waals surface area contributed by atoms with Gasteiger partial charge in [-0.1, -0.05) is 0 Å². The van der Waals surface area contributed by atoms with E-state index in [2.05, 4.69) is 10.2 Å². The van der Waals surface area contributed by atoms with Gasteiger partial charge in [-0.25, -0.2) is 8.42 Å². The van der Waals surface area contributed by atoms with Gasteiger partial charge in [0.15, 0.2) is 0 Å². The number of anilines is 2. The van der Waals surface area contributed by atoms with E-state index in [-0.39, 0.29) is 5.91 Å². The van der Waals surface area contributed by atoms with E-state index in [1.54, 1.807) is 29.6 Å². The van der Waals surface area contributed by atoms with Crippen molar-refractivity contribution in [3.63, 3.8) is 0 Å². The van der Waals surface area contributed by atoms with Gasteiger partial charge in [0.25, 0.3) is 0 Å². The van der Waals surface area contributed by atoms with Crippen molar-refractivity contribution in [2.24, 2.45) is 0 Å². The molecule has 0 atom stereocenters. The summed E-state index contributed by atoms with van der Waals surface area (Å²) in [4.78, 5) is 14.2. The Labute approximate surface area is 171 Å². The first-order valence-electron chi connectivity index (χ1n) is 9.79. The Hall–Kier alpha value is -2.58. The topological polar surface area (TPSA) is 79.0 Å². The van der Waals surface area contributed by atoms with E-state index in [1.807, 2.05) is 24.3 Å². The lowest BCUT2D eigenvalue weighted by Crippen LogP contribution is -2.48. The molecule has 4 rings (SSSR count). The molecule has 2 heterocycles. The van der Waals surface area contributed by atoms with Crippen molar-refractivity contribution >= 4 is 27.3 Å². The lowest BCUT2D eigenvalue weighted by molar-refractivity contribution is -0.116. The number of benzene rings is 2. The zero-order valence-corrected chi connectivity index (χ0v) is 17.2. The van der Waals surface area contributed by atoms with Crippen LogP contribution in [-0.2, 0) is 21.2 Å². The number of sulfonamides is 1. The van der Waals surface area contributed by atoms with Gasteiger partial charge in [-0.2, -0.15) is 4.31 Å². The lowest BCUT2D eigenvalue weighted by atomic mass is 10.1. The fourth-order valence-electron chi connectivity index (χ4n) is 3.84. The van der Waals surface area contributed by atoms with Gasteiger partial charge in [-0.3, -0.25) is 4.79 Å². The molecule has 154 valence electrons. The summed E-state index contributed by atoms with van der Waals surface area (Å²) in [7, 11) is -1.93. The Morgan fingerprint density at radius 3 is 2.38 bits per heavy atom. The van der Waals surface area contributed by atoms with Gasteiger partial charge >= 0.3 is 0 Å². The summed E-state index contributed by atoms with van der Waals surface area (Å²) in [5.74, 6) is 0.781. The normalized spacial score (nSPS) is 18.0. The fraction of sp³-hybridized carbons (Fsp3) is 0.381. The van der Waals surface area contributed by atoms with Crippen LogP contribution in [0.1, 0.15) is 18.4 Å². The Kier molecular flexibility index (Phi) is 5.47. The van der Waals surface area contributed by atoms with Crippen molar-refractivity contribution in [3.05, 3.63) is 48.0 Å². The number of carbonyl (C=O) groups is 1. The third-order valence-electron chi connectivity index (χ3n) is 5.51. The van der Waals surface area contributed by atoms with E-state index >= 15 is 0 Å². The van der Waals surface area contributed by atoms with Crippen LogP contribution in [0.3, 0.4) is 0 Å². The third kappa shape index (κ3) is 4.09. The van der Waals surface area contributed by atoms with Crippen molar-refractivity contribution in [2.45, 2.75) is 24.2 Å². The average Bonchev–Trinajstić information content (AvgIpc) is 2.93. The number of piperazine rings is 1. The summed E-state index contributed by atoms with van der Waals surface area (Å²) in [5.41, 5.74) is 2.66. The smallest absolute Gasteiger partial charge is 0.243 e. The Morgan fingerprint density at radius 1 is 0.966 bits per heavy atom. The van der Waals surface area contributed by atoms with E-state index in [0.29, 0.717) is 43.9 Å². The molecular weight excluding hydrogens is 390 g/mol. The molecular formula is C21H25N3O4S. The van der Waals surface area contributed by atoms with Crippen LogP contribution in [0, 0.1) is 0 Å². The number of aryl methyl sites for hydroxylation is 1. The standard InChI is InChI=1S/C21H25N3O4S/c1-28-18-7-5-17(6-8-18)23-11-13-24(14-12-23)29(26,27)19-9-10-20-16(15-19)3-2-4-21(25)22-20/h5-10,15H,2-4,11-14H2,1H3,(H,22,25). The predicted octanol–water partition coefficient (Wildman–Crippen LogP) is 2.48. The van der Waals surface area contributed by atoms with Crippen LogP contribution in [0.25, 0.3) is 0 Å². The number of rotatable bonds is 4. The molecule has 2 aliphatic rings.